The van der Waals surface area contributed by atoms with Crippen LogP contribution in [0.3, 0.4) is 0 Å². The smallest absolute Gasteiger partial charge is 0.191 e. The first kappa shape index (κ1) is 22.4. The quantitative estimate of drug-likeness (QED) is 0.315. The molecule has 0 aliphatic heterocycles. The van der Waals surface area contributed by atoms with Gasteiger partial charge in [0.1, 0.15) is 5.60 Å². The Bertz CT molecular complexity index is 643. The normalized spacial score (nSPS) is 14.8. The molecule has 144 valence electrons. The first-order valence-corrected chi connectivity index (χ1v) is 8.79. The first-order valence-electron chi connectivity index (χ1n) is 8.79. The number of nitrogens with zero attached hydrogens (tertiary/aromatic N) is 3. The molecular formula is C19H30IN5O. The Labute approximate surface area is 173 Å². The summed E-state index contributed by atoms with van der Waals surface area (Å²) in [4.78, 5) is 4.55. The molecule has 0 aliphatic rings. The van der Waals surface area contributed by atoms with Crippen molar-refractivity contribution >= 4 is 29.9 Å². The van der Waals surface area contributed by atoms with Crippen LogP contribution in [0.2, 0.25) is 0 Å². The molecule has 1 aromatic carbocycles. The van der Waals surface area contributed by atoms with Gasteiger partial charge in [0, 0.05) is 32.0 Å². The van der Waals surface area contributed by atoms with Crippen molar-refractivity contribution in [1.82, 2.24) is 20.4 Å². The summed E-state index contributed by atoms with van der Waals surface area (Å²) in [6.45, 7) is 8.67. The van der Waals surface area contributed by atoms with E-state index in [0.717, 1.165) is 25.2 Å². The Hall–Kier alpha value is -1.61. The molecule has 0 bridgehead atoms. The van der Waals surface area contributed by atoms with Crippen molar-refractivity contribution in [3.05, 3.63) is 54.4 Å². The zero-order valence-corrected chi connectivity index (χ0v) is 18.1. The lowest BCUT2D eigenvalue weighted by Crippen LogP contribution is -2.41. The number of aromatic nitrogens is 2. The van der Waals surface area contributed by atoms with E-state index < -0.39 is 5.60 Å². The first-order chi connectivity index (χ1) is 12.0. The number of hydrogen-bond donors (Lipinski definition) is 3. The van der Waals surface area contributed by atoms with E-state index in [1.807, 2.05) is 54.2 Å². The maximum Gasteiger partial charge on any atom is 0.191 e. The number of aliphatic hydroxyl groups is 1. The Balaban J connectivity index is 0.00000338. The third kappa shape index (κ3) is 7.33. The van der Waals surface area contributed by atoms with Crippen molar-refractivity contribution in [3.63, 3.8) is 0 Å². The van der Waals surface area contributed by atoms with Crippen LogP contribution in [-0.2, 0) is 12.1 Å². The fourth-order valence-electron chi connectivity index (χ4n) is 2.53. The van der Waals surface area contributed by atoms with Gasteiger partial charge in [-0.2, -0.15) is 5.10 Å². The molecule has 7 heteroatoms. The highest BCUT2D eigenvalue weighted by atomic mass is 127. The average molecular weight is 471 g/mol. The summed E-state index contributed by atoms with van der Waals surface area (Å²) < 4.78 is 1.93. The fraction of sp³-hybridized carbons (Fsp3) is 0.474. The molecule has 2 rings (SSSR count). The SMILES string of the molecule is CCNC(=NCC(C)(O)c1ccccc1)NCC(C)Cn1cccn1.I. The molecule has 0 amide bonds. The van der Waals surface area contributed by atoms with Crippen LogP contribution in [0, 0.1) is 5.92 Å². The van der Waals surface area contributed by atoms with Gasteiger partial charge in [-0.1, -0.05) is 37.3 Å². The maximum atomic E-state index is 10.7. The molecule has 1 heterocycles. The molecule has 0 aliphatic carbocycles. The van der Waals surface area contributed by atoms with Crippen molar-refractivity contribution in [2.24, 2.45) is 10.9 Å². The molecule has 2 atom stereocenters. The molecule has 0 saturated carbocycles. The highest BCUT2D eigenvalue weighted by Gasteiger charge is 2.22. The summed E-state index contributed by atoms with van der Waals surface area (Å²) >= 11 is 0. The van der Waals surface area contributed by atoms with Gasteiger partial charge >= 0.3 is 0 Å². The van der Waals surface area contributed by atoms with Gasteiger partial charge in [-0.05, 0) is 31.4 Å². The molecule has 0 fully saturated rings. The van der Waals surface area contributed by atoms with Crippen molar-refractivity contribution in [3.8, 4) is 0 Å². The van der Waals surface area contributed by atoms with E-state index in [1.165, 1.54) is 0 Å². The Morgan fingerprint density at radius 2 is 2.00 bits per heavy atom. The Morgan fingerprint density at radius 1 is 1.27 bits per heavy atom. The van der Waals surface area contributed by atoms with Crippen molar-refractivity contribution in [2.75, 3.05) is 19.6 Å². The number of halogens is 1. The zero-order valence-electron chi connectivity index (χ0n) is 15.7. The minimum atomic E-state index is -0.996. The zero-order chi connectivity index (χ0) is 18.1. The van der Waals surface area contributed by atoms with Gasteiger partial charge in [-0.15, -0.1) is 24.0 Å². The molecule has 26 heavy (non-hydrogen) atoms. The summed E-state index contributed by atoms with van der Waals surface area (Å²) in [7, 11) is 0. The largest absolute Gasteiger partial charge is 0.384 e. The molecule has 0 saturated heterocycles. The van der Waals surface area contributed by atoms with Gasteiger partial charge in [0.15, 0.2) is 5.96 Å². The number of benzene rings is 1. The highest BCUT2D eigenvalue weighted by Crippen LogP contribution is 2.20. The topological polar surface area (TPSA) is 74.5 Å². The van der Waals surface area contributed by atoms with Crippen molar-refractivity contribution in [2.45, 2.75) is 32.9 Å². The lowest BCUT2D eigenvalue weighted by Gasteiger charge is -2.23. The van der Waals surface area contributed by atoms with Crippen LogP contribution in [0.1, 0.15) is 26.3 Å². The van der Waals surface area contributed by atoms with Crippen LogP contribution in [0.25, 0.3) is 0 Å². The fourth-order valence-corrected chi connectivity index (χ4v) is 2.53. The summed E-state index contributed by atoms with van der Waals surface area (Å²) in [5.41, 5.74) is -0.133. The van der Waals surface area contributed by atoms with E-state index in [1.54, 1.807) is 13.1 Å². The molecule has 3 N–H and O–H groups in total. The number of rotatable bonds is 8. The van der Waals surface area contributed by atoms with Gasteiger partial charge in [-0.25, -0.2) is 4.99 Å². The van der Waals surface area contributed by atoms with Crippen LogP contribution in [0.4, 0.5) is 0 Å². The minimum absolute atomic E-state index is 0. The Kier molecular flexibility index (Phi) is 9.64. The van der Waals surface area contributed by atoms with Crippen LogP contribution in [0.5, 0.6) is 0 Å². The van der Waals surface area contributed by atoms with Crippen LogP contribution < -0.4 is 10.6 Å². The monoisotopic (exact) mass is 471 g/mol. The Morgan fingerprint density at radius 3 is 2.62 bits per heavy atom. The second-order valence-electron chi connectivity index (χ2n) is 6.55. The summed E-state index contributed by atoms with van der Waals surface area (Å²) in [6, 6.07) is 11.6. The summed E-state index contributed by atoms with van der Waals surface area (Å²) in [6.07, 6.45) is 3.75. The van der Waals surface area contributed by atoms with E-state index in [4.69, 9.17) is 0 Å². The second-order valence-corrected chi connectivity index (χ2v) is 6.55. The van der Waals surface area contributed by atoms with Gasteiger partial charge in [0.25, 0.3) is 0 Å². The van der Waals surface area contributed by atoms with E-state index >= 15 is 0 Å². The van der Waals surface area contributed by atoms with E-state index in [-0.39, 0.29) is 24.0 Å². The maximum absolute atomic E-state index is 10.7. The molecule has 0 spiro atoms. The molecule has 2 unspecified atom stereocenters. The van der Waals surface area contributed by atoms with Gasteiger partial charge in [0.05, 0.1) is 6.54 Å². The lowest BCUT2D eigenvalue weighted by molar-refractivity contribution is 0.0672. The van der Waals surface area contributed by atoms with E-state index in [2.05, 4.69) is 27.6 Å². The number of nitrogens with one attached hydrogen (secondary N) is 2. The predicted molar refractivity (Wildman–Crippen MR) is 117 cm³/mol. The third-order valence-corrected chi connectivity index (χ3v) is 3.96. The predicted octanol–water partition coefficient (Wildman–Crippen LogP) is 2.60. The number of aliphatic imine (C=N–C) groups is 1. The minimum Gasteiger partial charge on any atom is -0.384 e. The summed E-state index contributed by atoms with van der Waals surface area (Å²) in [5.74, 6) is 1.12. The van der Waals surface area contributed by atoms with Gasteiger partial charge in [-0.3, -0.25) is 4.68 Å². The highest BCUT2D eigenvalue weighted by molar-refractivity contribution is 14.0. The standard InChI is InChI=1S/C19H29N5O.HI/c1-4-20-18(21-13-16(2)14-24-12-8-11-23-24)22-15-19(3,25)17-9-6-5-7-10-17;/h5-12,16,25H,4,13-15H2,1-3H3,(H2,20,21,22);1H. The molecule has 1 aromatic heterocycles. The average Bonchev–Trinajstić information content (AvgIpc) is 3.11. The lowest BCUT2D eigenvalue weighted by atomic mass is 9.96. The van der Waals surface area contributed by atoms with Crippen LogP contribution in [-0.4, -0.2) is 40.5 Å². The second kappa shape index (κ2) is 11.2. The molecule has 2 aromatic rings. The number of hydrogen-bond acceptors (Lipinski definition) is 3. The summed E-state index contributed by atoms with van der Waals surface area (Å²) in [5, 5.41) is 21.5. The van der Waals surface area contributed by atoms with Crippen LogP contribution in [0.15, 0.2) is 53.8 Å². The number of guanidine groups is 1. The van der Waals surface area contributed by atoms with E-state index in [9.17, 15) is 5.11 Å². The van der Waals surface area contributed by atoms with Gasteiger partial charge in [0.2, 0.25) is 0 Å². The van der Waals surface area contributed by atoms with Gasteiger partial charge < -0.3 is 15.7 Å². The molecular weight excluding hydrogens is 441 g/mol. The molecule has 6 nitrogen and oxygen atoms in total. The van der Waals surface area contributed by atoms with Crippen molar-refractivity contribution in [1.29, 1.82) is 0 Å². The molecule has 0 radical (unpaired) electrons. The third-order valence-electron chi connectivity index (χ3n) is 3.96. The van der Waals surface area contributed by atoms with Crippen molar-refractivity contribution < 1.29 is 5.11 Å². The van der Waals surface area contributed by atoms with E-state index in [0.29, 0.717) is 18.4 Å². The van der Waals surface area contributed by atoms with Crippen LogP contribution >= 0.6 is 24.0 Å².